The number of rotatable bonds is 6. The summed E-state index contributed by atoms with van der Waals surface area (Å²) in [6, 6.07) is 10.1. The van der Waals surface area contributed by atoms with E-state index in [4.69, 9.17) is 4.74 Å². The summed E-state index contributed by atoms with van der Waals surface area (Å²) in [4.78, 5) is 0. The van der Waals surface area contributed by atoms with Crippen molar-refractivity contribution < 1.29 is 4.74 Å². The van der Waals surface area contributed by atoms with E-state index in [1.165, 1.54) is 11.3 Å². The highest BCUT2D eigenvalue weighted by atomic mass is 16.5. The molecule has 0 bridgehead atoms. The molecule has 0 amide bonds. The molecule has 0 radical (unpaired) electrons. The SMILES string of the molecule is CCCC=Cn1c(C)c(C)c2cnnc(OCc3ccccc3)c21. The third-order valence-corrected chi connectivity index (χ3v) is 4.27. The summed E-state index contributed by atoms with van der Waals surface area (Å²) >= 11 is 0. The predicted molar refractivity (Wildman–Crippen MR) is 98.0 cm³/mol. The summed E-state index contributed by atoms with van der Waals surface area (Å²) < 4.78 is 8.15. The molecule has 0 aliphatic rings. The molecule has 3 aromatic rings. The van der Waals surface area contributed by atoms with Gasteiger partial charge in [0.15, 0.2) is 0 Å². The third kappa shape index (κ3) is 3.18. The number of nitrogens with zero attached hydrogens (tertiary/aromatic N) is 3. The van der Waals surface area contributed by atoms with Crippen molar-refractivity contribution in [2.45, 2.75) is 40.2 Å². The average molecular weight is 321 g/mol. The number of hydrogen-bond donors (Lipinski definition) is 0. The summed E-state index contributed by atoms with van der Waals surface area (Å²) in [5.41, 5.74) is 4.51. The van der Waals surface area contributed by atoms with Crippen molar-refractivity contribution in [1.29, 1.82) is 0 Å². The molecule has 0 aliphatic carbocycles. The van der Waals surface area contributed by atoms with E-state index >= 15 is 0 Å². The lowest BCUT2D eigenvalue weighted by Crippen LogP contribution is -2.01. The second-order valence-electron chi connectivity index (χ2n) is 5.94. The van der Waals surface area contributed by atoms with E-state index in [1.54, 1.807) is 0 Å². The first-order valence-corrected chi connectivity index (χ1v) is 8.38. The van der Waals surface area contributed by atoms with Crippen LogP contribution in [0.4, 0.5) is 0 Å². The van der Waals surface area contributed by atoms with Crippen LogP contribution in [0.2, 0.25) is 0 Å². The monoisotopic (exact) mass is 321 g/mol. The van der Waals surface area contributed by atoms with Gasteiger partial charge in [0.2, 0.25) is 0 Å². The van der Waals surface area contributed by atoms with Crippen LogP contribution in [0, 0.1) is 13.8 Å². The number of fused-ring (bicyclic) bond motifs is 1. The Morgan fingerprint density at radius 2 is 1.96 bits per heavy atom. The molecule has 24 heavy (non-hydrogen) atoms. The lowest BCUT2D eigenvalue weighted by molar-refractivity contribution is 0.293. The molecule has 0 unspecified atom stereocenters. The highest BCUT2D eigenvalue weighted by Gasteiger charge is 2.15. The van der Waals surface area contributed by atoms with Crippen LogP contribution in [0.5, 0.6) is 5.88 Å². The van der Waals surface area contributed by atoms with Crippen LogP contribution >= 0.6 is 0 Å². The number of aromatic nitrogens is 3. The van der Waals surface area contributed by atoms with Gasteiger partial charge < -0.3 is 9.30 Å². The van der Waals surface area contributed by atoms with Gasteiger partial charge >= 0.3 is 0 Å². The maximum absolute atomic E-state index is 5.99. The smallest absolute Gasteiger partial charge is 0.258 e. The number of allylic oxidation sites excluding steroid dienone is 1. The fourth-order valence-electron chi connectivity index (χ4n) is 2.77. The fraction of sp³-hybridized carbons (Fsp3) is 0.300. The third-order valence-electron chi connectivity index (χ3n) is 4.27. The minimum absolute atomic E-state index is 0.483. The van der Waals surface area contributed by atoms with E-state index in [1.807, 2.05) is 36.5 Å². The zero-order valence-corrected chi connectivity index (χ0v) is 14.5. The van der Waals surface area contributed by atoms with Crippen molar-refractivity contribution >= 4 is 17.1 Å². The van der Waals surface area contributed by atoms with Crippen molar-refractivity contribution in [2.24, 2.45) is 0 Å². The minimum atomic E-state index is 0.483. The molecular formula is C20H23N3O. The summed E-state index contributed by atoms with van der Waals surface area (Å²) in [6.45, 7) is 6.89. The normalized spacial score (nSPS) is 11.5. The van der Waals surface area contributed by atoms with Gasteiger partial charge in [0.25, 0.3) is 5.88 Å². The molecule has 2 aromatic heterocycles. The van der Waals surface area contributed by atoms with Gasteiger partial charge in [-0.05, 0) is 31.4 Å². The second-order valence-corrected chi connectivity index (χ2v) is 5.94. The van der Waals surface area contributed by atoms with Gasteiger partial charge in [0.1, 0.15) is 12.1 Å². The molecule has 2 heterocycles. The van der Waals surface area contributed by atoms with Gasteiger partial charge in [-0.3, -0.25) is 0 Å². The van der Waals surface area contributed by atoms with Crippen LogP contribution in [-0.4, -0.2) is 14.8 Å². The Labute approximate surface area is 142 Å². The van der Waals surface area contributed by atoms with Crippen LogP contribution in [0.3, 0.4) is 0 Å². The first-order chi connectivity index (χ1) is 11.7. The first-order valence-electron chi connectivity index (χ1n) is 8.38. The van der Waals surface area contributed by atoms with Gasteiger partial charge in [0.05, 0.1) is 6.20 Å². The standard InChI is InChI=1S/C20H23N3O/c1-4-5-9-12-23-16(3)15(2)18-13-21-22-20(19(18)23)24-14-17-10-7-6-8-11-17/h6-13H,4-5,14H2,1-3H3. The zero-order chi connectivity index (χ0) is 16.9. The summed E-state index contributed by atoms with van der Waals surface area (Å²) in [6.07, 6.45) is 8.30. The molecule has 0 N–H and O–H groups in total. The van der Waals surface area contributed by atoms with Crippen molar-refractivity contribution in [3.8, 4) is 5.88 Å². The number of unbranched alkanes of at least 4 members (excludes halogenated alkanes) is 1. The molecule has 4 heteroatoms. The summed E-state index contributed by atoms with van der Waals surface area (Å²) in [7, 11) is 0. The van der Waals surface area contributed by atoms with Crippen molar-refractivity contribution in [3.05, 3.63) is 59.4 Å². The van der Waals surface area contributed by atoms with Crippen LogP contribution < -0.4 is 4.74 Å². The average Bonchev–Trinajstić information content (AvgIpc) is 2.86. The Morgan fingerprint density at radius 1 is 1.17 bits per heavy atom. The van der Waals surface area contributed by atoms with E-state index < -0.39 is 0 Å². The number of benzene rings is 1. The Hall–Kier alpha value is -2.62. The number of ether oxygens (including phenoxy) is 1. The zero-order valence-electron chi connectivity index (χ0n) is 14.5. The largest absolute Gasteiger partial charge is 0.470 e. The van der Waals surface area contributed by atoms with E-state index in [2.05, 4.69) is 47.8 Å². The van der Waals surface area contributed by atoms with Crippen molar-refractivity contribution in [3.63, 3.8) is 0 Å². The second kappa shape index (κ2) is 7.30. The molecule has 124 valence electrons. The molecular weight excluding hydrogens is 298 g/mol. The molecule has 0 saturated carbocycles. The topological polar surface area (TPSA) is 39.9 Å². The Morgan fingerprint density at radius 3 is 2.71 bits per heavy atom. The fourth-order valence-corrected chi connectivity index (χ4v) is 2.77. The van der Waals surface area contributed by atoms with Gasteiger partial charge in [-0.2, -0.15) is 5.10 Å². The van der Waals surface area contributed by atoms with Crippen LogP contribution in [0.15, 0.2) is 42.6 Å². The molecule has 0 fully saturated rings. The Balaban J connectivity index is 1.99. The Bertz CT molecular complexity index is 850. The van der Waals surface area contributed by atoms with Crippen LogP contribution in [-0.2, 0) is 6.61 Å². The first kappa shape index (κ1) is 16.2. The molecule has 1 aromatic carbocycles. The van der Waals surface area contributed by atoms with Gasteiger partial charge in [0, 0.05) is 17.3 Å². The number of hydrogen-bond acceptors (Lipinski definition) is 3. The van der Waals surface area contributed by atoms with Gasteiger partial charge in [-0.15, -0.1) is 5.10 Å². The summed E-state index contributed by atoms with van der Waals surface area (Å²) in [5.74, 6) is 0.578. The highest BCUT2D eigenvalue weighted by molar-refractivity contribution is 5.89. The maximum atomic E-state index is 5.99. The van der Waals surface area contributed by atoms with E-state index in [-0.39, 0.29) is 0 Å². The van der Waals surface area contributed by atoms with Crippen LogP contribution in [0.25, 0.3) is 17.1 Å². The molecule has 0 aliphatic heterocycles. The molecule has 4 nitrogen and oxygen atoms in total. The molecule has 0 atom stereocenters. The minimum Gasteiger partial charge on any atom is -0.470 e. The Kier molecular flexibility index (Phi) is 4.94. The van der Waals surface area contributed by atoms with Gasteiger partial charge in [-0.25, -0.2) is 0 Å². The lowest BCUT2D eigenvalue weighted by atomic mass is 10.2. The maximum Gasteiger partial charge on any atom is 0.258 e. The summed E-state index contributed by atoms with van der Waals surface area (Å²) in [5, 5.41) is 9.45. The highest BCUT2D eigenvalue weighted by Crippen LogP contribution is 2.30. The van der Waals surface area contributed by atoms with Gasteiger partial charge in [-0.1, -0.05) is 49.8 Å². The molecule has 0 spiro atoms. The molecule has 3 rings (SSSR count). The van der Waals surface area contributed by atoms with Crippen molar-refractivity contribution in [2.75, 3.05) is 0 Å². The van der Waals surface area contributed by atoms with E-state index in [9.17, 15) is 0 Å². The van der Waals surface area contributed by atoms with E-state index in [0.717, 1.165) is 29.3 Å². The predicted octanol–water partition coefficient (Wildman–Crippen LogP) is 4.90. The van der Waals surface area contributed by atoms with E-state index in [0.29, 0.717) is 12.5 Å². The quantitative estimate of drug-likeness (QED) is 0.648. The van der Waals surface area contributed by atoms with Crippen LogP contribution in [0.1, 0.15) is 36.6 Å². The molecule has 0 saturated heterocycles. The number of aryl methyl sites for hydroxylation is 1. The van der Waals surface area contributed by atoms with Crippen molar-refractivity contribution in [1.82, 2.24) is 14.8 Å². The lowest BCUT2D eigenvalue weighted by Gasteiger charge is -2.08.